The number of fused-ring (bicyclic) bond motifs is 2. The molecule has 4 heterocycles. The Bertz CT molecular complexity index is 2320. The van der Waals surface area contributed by atoms with E-state index in [-0.39, 0.29) is 25.5 Å². The van der Waals surface area contributed by atoms with Gasteiger partial charge in [-0.15, -0.1) is 0 Å². The third-order valence-corrected chi connectivity index (χ3v) is 12.2. The van der Waals surface area contributed by atoms with E-state index in [1.54, 1.807) is 69.5 Å². The van der Waals surface area contributed by atoms with Crippen molar-refractivity contribution in [2.45, 2.75) is 115 Å². The van der Waals surface area contributed by atoms with Crippen LogP contribution >= 0.6 is 0 Å². The molecule has 0 bridgehead atoms. The highest BCUT2D eigenvalue weighted by Gasteiger charge is 2.57. The zero-order valence-electron chi connectivity index (χ0n) is 38.6. The lowest BCUT2D eigenvalue weighted by Crippen LogP contribution is -2.53. The number of nitrogens with zero attached hydrogens (tertiary/aromatic N) is 5. The molecule has 2 saturated heterocycles. The topological polar surface area (TPSA) is 259 Å². The van der Waals surface area contributed by atoms with Crippen molar-refractivity contribution in [3.05, 3.63) is 84.4 Å². The lowest BCUT2D eigenvalue weighted by atomic mass is 10.0. The third kappa shape index (κ3) is 14.8. The molecule has 366 valence electrons. The summed E-state index contributed by atoms with van der Waals surface area (Å²) in [6.07, 6.45) is 1.43. The average Bonchev–Trinajstić information content (AvgIpc) is 3.96. The maximum Gasteiger partial charge on any atom is 0.408 e. The molecular formula is C45H63N9O12S. The number of benzene rings is 2. The number of anilines is 1. The lowest BCUT2D eigenvalue weighted by molar-refractivity contribution is -0.196. The van der Waals surface area contributed by atoms with E-state index in [0.717, 1.165) is 18.4 Å². The number of hydrogen-bond acceptors (Lipinski definition) is 16. The van der Waals surface area contributed by atoms with Gasteiger partial charge < -0.3 is 54.3 Å². The second-order valence-electron chi connectivity index (χ2n) is 17.5. The normalized spacial score (nSPS) is 20.0. The fourth-order valence-electron chi connectivity index (χ4n) is 7.65. The lowest BCUT2D eigenvalue weighted by Gasteiger charge is -2.32. The van der Waals surface area contributed by atoms with Gasteiger partial charge in [-0.3, -0.25) is 4.57 Å². The van der Waals surface area contributed by atoms with E-state index in [4.69, 9.17) is 38.9 Å². The van der Waals surface area contributed by atoms with Crippen molar-refractivity contribution in [2.24, 2.45) is 0 Å². The summed E-state index contributed by atoms with van der Waals surface area (Å²) in [5.41, 5.74) is 7.32. The summed E-state index contributed by atoms with van der Waals surface area (Å²) in [7, 11) is -4.46. The number of ether oxygens (including phenoxy) is 7. The molecule has 0 aliphatic carbocycles. The monoisotopic (exact) mass is 953 g/mol. The highest BCUT2D eigenvalue weighted by atomic mass is 32.2. The molecule has 2 fully saturated rings. The highest BCUT2D eigenvalue weighted by molar-refractivity contribution is 7.87. The number of unbranched alkanes of at least 4 members (excludes halogenated alkanes) is 3. The Balaban J connectivity index is 1.07. The van der Waals surface area contributed by atoms with E-state index in [2.05, 4.69) is 30.3 Å². The van der Waals surface area contributed by atoms with Gasteiger partial charge in [0, 0.05) is 26.2 Å². The summed E-state index contributed by atoms with van der Waals surface area (Å²) < 4.78 is 76.4. The van der Waals surface area contributed by atoms with Gasteiger partial charge in [0.1, 0.15) is 54.7 Å². The molecule has 0 radical (unpaired) electrons. The summed E-state index contributed by atoms with van der Waals surface area (Å²) in [4.78, 5) is 50.3. The number of nitrogen functional groups attached to an aromatic ring is 1. The van der Waals surface area contributed by atoms with Crippen LogP contribution in [-0.2, 0) is 54.8 Å². The Morgan fingerprint density at radius 3 is 2.31 bits per heavy atom. The number of nitrogens with two attached hydrogens (primary N) is 1. The number of amides is 2. The molecule has 2 aliphatic rings. The van der Waals surface area contributed by atoms with Crippen molar-refractivity contribution in [1.82, 2.24) is 39.2 Å². The van der Waals surface area contributed by atoms with Crippen molar-refractivity contribution < 1.29 is 56.0 Å². The average molecular weight is 954 g/mol. The van der Waals surface area contributed by atoms with Crippen LogP contribution in [-0.4, -0.2) is 133 Å². The molecule has 4 aromatic rings. The number of carbonyl (C=O) groups is 3. The first-order valence-electron chi connectivity index (χ1n) is 22.3. The number of hydrogen-bond donors (Lipinski definition) is 4. The highest BCUT2D eigenvalue weighted by Crippen LogP contribution is 2.44. The summed E-state index contributed by atoms with van der Waals surface area (Å²) in [6.45, 7) is 10.4. The Morgan fingerprint density at radius 2 is 1.60 bits per heavy atom. The summed E-state index contributed by atoms with van der Waals surface area (Å²) in [5, 5.41) is 5.19. The first kappa shape index (κ1) is 51.1. The zero-order valence-corrected chi connectivity index (χ0v) is 39.4. The van der Waals surface area contributed by atoms with Crippen LogP contribution in [0, 0.1) is 0 Å². The minimum absolute atomic E-state index is 0.0640. The fraction of sp³-hybridized carbons (Fsp3) is 0.556. The Morgan fingerprint density at radius 1 is 0.910 bits per heavy atom. The molecule has 21 nitrogen and oxygen atoms in total. The molecule has 2 aliphatic heterocycles. The van der Waals surface area contributed by atoms with E-state index in [0.29, 0.717) is 68.8 Å². The summed E-state index contributed by atoms with van der Waals surface area (Å²) >= 11 is 0. The molecule has 5 N–H and O–H groups in total. The van der Waals surface area contributed by atoms with E-state index >= 15 is 0 Å². The van der Waals surface area contributed by atoms with E-state index in [1.807, 2.05) is 30.3 Å². The number of carbonyl (C=O) groups excluding carboxylic acids is 3. The molecule has 0 spiro atoms. The smallest absolute Gasteiger partial charge is 0.408 e. The predicted octanol–water partition coefficient (Wildman–Crippen LogP) is 4.32. The largest absolute Gasteiger partial charge is 0.445 e. The van der Waals surface area contributed by atoms with Crippen LogP contribution in [0.25, 0.3) is 11.2 Å². The number of alkyl carbamates (subject to hydrolysis) is 2. The van der Waals surface area contributed by atoms with Crippen LogP contribution in [0.2, 0.25) is 0 Å². The maximum absolute atomic E-state index is 14.8. The van der Waals surface area contributed by atoms with Crippen molar-refractivity contribution in [3.63, 3.8) is 0 Å². The second kappa shape index (κ2) is 23.6. The van der Waals surface area contributed by atoms with Gasteiger partial charge >= 0.3 is 12.2 Å². The molecule has 2 aromatic heterocycles. The molecule has 1 unspecified atom stereocenters. The molecule has 6 atom stereocenters. The zero-order chi connectivity index (χ0) is 48.0. The minimum atomic E-state index is -4.46. The fourth-order valence-corrected chi connectivity index (χ4v) is 9.11. The maximum atomic E-state index is 14.8. The minimum Gasteiger partial charge on any atom is -0.445 e. The van der Waals surface area contributed by atoms with Crippen LogP contribution < -0.4 is 21.1 Å². The Kier molecular flexibility index (Phi) is 18.0. The van der Waals surface area contributed by atoms with Crippen LogP contribution in [0.4, 0.5) is 15.4 Å². The van der Waals surface area contributed by atoms with Gasteiger partial charge in [0.15, 0.2) is 23.5 Å². The Hall–Kier alpha value is -5.33. The van der Waals surface area contributed by atoms with Gasteiger partial charge in [0.25, 0.3) is 10.2 Å². The number of aldehydes is 1. The molecule has 2 aromatic carbocycles. The van der Waals surface area contributed by atoms with E-state index < -0.39 is 70.4 Å². The summed E-state index contributed by atoms with van der Waals surface area (Å²) in [6, 6.07) is 15.3. The van der Waals surface area contributed by atoms with Crippen molar-refractivity contribution in [1.29, 1.82) is 0 Å². The van der Waals surface area contributed by atoms with Gasteiger partial charge in [-0.1, -0.05) is 73.5 Å². The SMILES string of the molecule is CC(C)(C)OC(=O)N[C@H](C=O)C(NS(=O)(=O)N(CCCCCCOCCOCCNC(=O)OCc1ccccc1)C[C@H]1O[C@@H](n2cnc3c(N)ncnc32)[C@@H]2OC(C)(C)O[C@@H]21)c1ccccc1. The quantitative estimate of drug-likeness (QED) is 0.0533. The van der Waals surface area contributed by atoms with Gasteiger partial charge in [0.2, 0.25) is 0 Å². The molecule has 0 saturated carbocycles. The first-order valence-corrected chi connectivity index (χ1v) is 23.8. The molecule has 67 heavy (non-hydrogen) atoms. The number of nitrogens with one attached hydrogen (secondary N) is 3. The standard InChI is InChI=1S/C45H63N9O12S/c1-44(2,3)66-43(57)51-33(27-55)35(32-18-12-9-13-19-32)52-67(58,59)53(21-14-6-7-15-22-60-24-25-61-23-20-47-42(56)62-28-31-16-10-8-11-17-31)26-34-37-38(65-45(4,5)64-37)41(63-34)54-30-50-36-39(46)48-29-49-40(36)54/h8-13,16-19,27,29-30,33-35,37-38,41,52H,6-7,14-15,20-26,28H2,1-5H3,(H,47,56)(H,51,57)(H2,46,48,49)/t33-,34-,35?,37-,38-,41-/m1/s1. The van der Waals surface area contributed by atoms with Crippen LogP contribution in [0.3, 0.4) is 0 Å². The van der Waals surface area contributed by atoms with Crippen LogP contribution in [0.15, 0.2) is 73.3 Å². The Labute approximate surface area is 390 Å². The molecule has 6 rings (SSSR count). The van der Waals surface area contributed by atoms with Gasteiger partial charge in [-0.2, -0.15) is 17.4 Å². The van der Waals surface area contributed by atoms with E-state index in [9.17, 15) is 22.8 Å². The molecule has 22 heteroatoms. The van der Waals surface area contributed by atoms with Crippen LogP contribution in [0.1, 0.15) is 83.7 Å². The number of aromatic nitrogens is 4. The first-order chi connectivity index (χ1) is 32.0. The van der Waals surface area contributed by atoms with Crippen LogP contribution in [0.5, 0.6) is 0 Å². The third-order valence-electron chi connectivity index (χ3n) is 10.7. The van der Waals surface area contributed by atoms with Crippen molar-refractivity contribution >= 4 is 45.7 Å². The molecular weight excluding hydrogens is 891 g/mol. The van der Waals surface area contributed by atoms with Gasteiger partial charge in [-0.25, -0.2) is 24.5 Å². The van der Waals surface area contributed by atoms with Gasteiger partial charge in [0.05, 0.1) is 32.2 Å². The van der Waals surface area contributed by atoms with Crippen molar-refractivity contribution in [2.75, 3.05) is 51.8 Å². The second-order valence-corrected chi connectivity index (χ2v) is 19.2. The number of rotatable bonds is 25. The molecule has 2 amide bonds. The van der Waals surface area contributed by atoms with Crippen molar-refractivity contribution in [3.8, 4) is 0 Å². The summed E-state index contributed by atoms with van der Waals surface area (Å²) in [5.74, 6) is -0.847. The van der Waals surface area contributed by atoms with E-state index in [1.165, 1.54) is 17.0 Å². The number of imidazole rings is 1. The van der Waals surface area contributed by atoms with Gasteiger partial charge in [-0.05, 0) is 58.6 Å². The predicted molar refractivity (Wildman–Crippen MR) is 244 cm³/mol.